The molecule has 0 radical (unpaired) electrons. The van der Waals surface area contributed by atoms with Gasteiger partial charge in [-0.3, -0.25) is 9.59 Å². The fraction of sp³-hybridized carbons (Fsp3) is 0.783. The van der Waals surface area contributed by atoms with Crippen LogP contribution < -0.4 is 0 Å². The summed E-state index contributed by atoms with van der Waals surface area (Å²) in [6, 6.07) is 0. The van der Waals surface area contributed by atoms with E-state index in [0.717, 1.165) is 57.8 Å². The lowest BCUT2D eigenvalue weighted by atomic mass is 9.98. The van der Waals surface area contributed by atoms with Crippen LogP contribution in [0.5, 0.6) is 0 Å². The molecule has 0 spiro atoms. The second-order valence-corrected chi connectivity index (χ2v) is 15.9. The summed E-state index contributed by atoms with van der Waals surface area (Å²) in [5, 5.41) is 71.8. The van der Waals surface area contributed by atoms with Crippen molar-refractivity contribution < 1.29 is 73.8 Å². The van der Waals surface area contributed by atoms with Gasteiger partial charge in [0, 0.05) is 12.8 Å². The zero-order valence-corrected chi connectivity index (χ0v) is 36.6. The zero-order valence-electron chi connectivity index (χ0n) is 36.6. The van der Waals surface area contributed by atoms with Crippen molar-refractivity contribution in [3.63, 3.8) is 0 Å². The SMILES string of the molecule is CC/C=C\C/C=C\C/C=C\C/C=C\CCCCC(=O)OC(COC(=O)CCCCCCCCCCCC)COC1OC(COC2OC(CO)C(O)C(O)C2O)C(O)C(O)C1O. The number of carbonyl (C=O) groups excluding carboxylic acids is 2. The van der Waals surface area contributed by atoms with E-state index in [-0.39, 0.29) is 19.4 Å². The molecule has 2 saturated heterocycles. The molecule has 0 saturated carbocycles. The summed E-state index contributed by atoms with van der Waals surface area (Å²) in [5.41, 5.74) is 0. The van der Waals surface area contributed by atoms with Crippen LogP contribution in [-0.2, 0) is 38.0 Å². The Labute approximate surface area is 363 Å². The highest BCUT2D eigenvalue weighted by Gasteiger charge is 2.47. The Balaban J connectivity index is 1.88. The van der Waals surface area contributed by atoms with Crippen molar-refractivity contribution in [3.05, 3.63) is 48.6 Å². The quantitative estimate of drug-likeness (QED) is 0.0268. The van der Waals surface area contributed by atoms with Crippen LogP contribution in [0.2, 0.25) is 0 Å². The van der Waals surface area contributed by atoms with Crippen LogP contribution >= 0.6 is 0 Å². The third-order valence-electron chi connectivity index (χ3n) is 10.6. The second-order valence-electron chi connectivity index (χ2n) is 15.9. The molecule has 2 aliphatic rings. The van der Waals surface area contributed by atoms with Gasteiger partial charge in [-0.05, 0) is 51.4 Å². The summed E-state index contributed by atoms with van der Waals surface area (Å²) in [6.07, 6.45) is 17.4. The molecule has 15 heteroatoms. The van der Waals surface area contributed by atoms with Gasteiger partial charge in [-0.25, -0.2) is 0 Å². The predicted molar refractivity (Wildman–Crippen MR) is 229 cm³/mol. The van der Waals surface area contributed by atoms with E-state index in [4.69, 9.17) is 28.4 Å². The Morgan fingerprint density at radius 1 is 0.541 bits per heavy atom. The number of allylic oxidation sites excluding steroid dienone is 8. The van der Waals surface area contributed by atoms with Gasteiger partial charge >= 0.3 is 11.9 Å². The first-order chi connectivity index (χ1) is 29.5. The van der Waals surface area contributed by atoms with Crippen LogP contribution in [0.25, 0.3) is 0 Å². The number of esters is 2. The molecule has 7 N–H and O–H groups in total. The number of carbonyl (C=O) groups is 2. The van der Waals surface area contributed by atoms with Gasteiger partial charge in [-0.2, -0.15) is 0 Å². The number of ether oxygens (including phenoxy) is 6. The van der Waals surface area contributed by atoms with Crippen molar-refractivity contribution in [2.24, 2.45) is 0 Å². The Morgan fingerprint density at radius 2 is 1.03 bits per heavy atom. The minimum atomic E-state index is -1.77. The highest BCUT2D eigenvalue weighted by Crippen LogP contribution is 2.26. The molecular formula is C46H78O15. The number of unbranched alkanes of at least 4 members (excludes halogenated alkanes) is 11. The molecule has 0 aliphatic carbocycles. The Hall–Kier alpha value is -2.54. The molecule has 0 aromatic heterocycles. The van der Waals surface area contributed by atoms with E-state index in [9.17, 15) is 45.3 Å². The van der Waals surface area contributed by atoms with Crippen LogP contribution in [-0.4, -0.2) is 142 Å². The maximum Gasteiger partial charge on any atom is 0.306 e. The molecule has 0 aromatic carbocycles. The molecule has 2 aliphatic heterocycles. The first-order valence-corrected chi connectivity index (χ1v) is 22.7. The monoisotopic (exact) mass is 871 g/mol. The molecule has 11 unspecified atom stereocenters. The summed E-state index contributed by atoms with van der Waals surface area (Å²) in [7, 11) is 0. The van der Waals surface area contributed by atoms with E-state index in [1.807, 2.05) is 0 Å². The molecule has 0 aromatic rings. The maximum atomic E-state index is 12.9. The van der Waals surface area contributed by atoms with Crippen molar-refractivity contribution in [2.75, 3.05) is 26.4 Å². The summed E-state index contributed by atoms with van der Waals surface area (Å²) >= 11 is 0. The predicted octanol–water partition coefficient (Wildman–Crippen LogP) is 4.76. The van der Waals surface area contributed by atoms with Crippen molar-refractivity contribution in [1.82, 2.24) is 0 Å². The van der Waals surface area contributed by atoms with Crippen molar-refractivity contribution in [1.29, 1.82) is 0 Å². The van der Waals surface area contributed by atoms with E-state index < -0.39 is 99.3 Å². The summed E-state index contributed by atoms with van der Waals surface area (Å²) in [4.78, 5) is 25.6. The lowest BCUT2D eigenvalue weighted by Crippen LogP contribution is -2.61. The molecule has 0 bridgehead atoms. The lowest BCUT2D eigenvalue weighted by Gasteiger charge is -2.42. The minimum absolute atomic E-state index is 0.112. The van der Waals surface area contributed by atoms with Crippen LogP contribution in [0, 0.1) is 0 Å². The number of hydrogen-bond donors (Lipinski definition) is 7. The van der Waals surface area contributed by atoms with Crippen LogP contribution in [0.1, 0.15) is 136 Å². The first kappa shape index (κ1) is 54.6. The standard InChI is InChI=1S/C46H78O15/c1-3-5-7-9-11-13-15-16-17-18-19-21-23-25-27-29-38(49)59-34(31-56-37(48)28-26-24-22-20-14-12-10-8-6-4-2)32-57-45-44(55)42(53)40(51)36(61-45)33-58-46-43(54)41(52)39(50)35(30-47)60-46/h5,7,11,13,16-17,19,21,34-36,39-47,50-55H,3-4,6,8-10,12,14-15,18,20,22-33H2,1-2H3/b7-5-,13-11-,17-16-,21-19-. The van der Waals surface area contributed by atoms with Crippen LogP contribution in [0.3, 0.4) is 0 Å². The summed E-state index contributed by atoms with van der Waals surface area (Å²) < 4.78 is 33.4. The van der Waals surface area contributed by atoms with Crippen LogP contribution in [0.15, 0.2) is 48.6 Å². The molecule has 0 amide bonds. The van der Waals surface area contributed by atoms with Crippen molar-refractivity contribution >= 4 is 11.9 Å². The molecule has 2 heterocycles. The Kier molecular flexibility index (Phi) is 30.4. The molecule has 11 atom stereocenters. The highest BCUT2D eigenvalue weighted by molar-refractivity contribution is 5.70. The minimum Gasteiger partial charge on any atom is -0.462 e. The topological polar surface area (TPSA) is 231 Å². The van der Waals surface area contributed by atoms with E-state index >= 15 is 0 Å². The summed E-state index contributed by atoms with van der Waals surface area (Å²) in [5.74, 6) is -0.979. The van der Waals surface area contributed by atoms with E-state index in [1.54, 1.807) is 0 Å². The number of hydrogen-bond acceptors (Lipinski definition) is 15. The number of aliphatic hydroxyl groups is 7. The van der Waals surface area contributed by atoms with Gasteiger partial charge in [-0.1, -0.05) is 120 Å². The van der Waals surface area contributed by atoms with Crippen molar-refractivity contribution in [2.45, 2.75) is 203 Å². The van der Waals surface area contributed by atoms with E-state index in [1.165, 1.54) is 38.5 Å². The smallest absolute Gasteiger partial charge is 0.306 e. The molecule has 61 heavy (non-hydrogen) atoms. The van der Waals surface area contributed by atoms with Gasteiger partial charge in [0.25, 0.3) is 0 Å². The van der Waals surface area contributed by atoms with Gasteiger partial charge < -0.3 is 64.2 Å². The number of aliphatic hydroxyl groups excluding tert-OH is 7. The third kappa shape index (κ3) is 23.1. The molecule has 352 valence electrons. The maximum absolute atomic E-state index is 12.9. The zero-order chi connectivity index (χ0) is 44.7. The van der Waals surface area contributed by atoms with Gasteiger partial charge in [0.1, 0.15) is 55.4 Å². The molecule has 2 rings (SSSR count). The average Bonchev–Trinajstić information content (AvgIpc) is 3.25. The average molecular weight is 871 g/mol. The first-order valence-electron chi connectivity index (χ1n) is 22.7. The third-order valence-corrected chi connectivity index (χ3v) is 10.6. The largest absolute Gasteiger partial charge is 0.462 e. The van der Waals surface area contributed by atoms with E-state index in [2.05, 4.69) is 62.5 Å². The van der Waals surface area contributed by atoms with Gasteiger partial charge in [0.05, 0.1) is 19.8 Å². The van der Waals surface area contributed by atoms with Gasteiger partial charge in [0.2, 0.25) is 0 Å². The number of rotatable bonds is 33. The lowest BCUT2D eigenvalue weighted by molar-refractivity contribution is -0.332. The normalized spacial score (nSPS) is 27.8. The fourth-order valence-electron chi connectivity index (χ4n) is 6.79. The van der Waals surface area contributed by atoms with E-state index in [0.29, 0.717) is 12.8 Å². The Morgan fingerprint density at radius 3 is 1.62 bits per heavy atom. The van der Waals surface area contributed by atoms with Crippen molar-refractivity contribution in [3.8, 4) is 0 Å². The fourth-order valence-corrected chi connectivity index (χ4v) is 6.79. The Bertz CT molecular complexity index is 1260. The molecule has 2 fully saturated rings. The van der Waals surface area contributed by atoms with Gasteiger partial charge in [0.15, 0.2) is 18.7 Å². The molecule has 15 nitrogen and oxygen atoms in total. The molecular weight excluding hydrogens is 792 g/mol. The van der Waals surface area contributed by atoms with Gasteiger partial charge in [-0.15, -0.1) is 0 Å². The second kappa shape index (κ2) is 33.9. The van der Waals surface area contributed by atoms with Crippen LogP contribution in [0.4, 0.5) is 0 Å². The summed E-state index contributed by atoms with van der Waals surface area (Å²) in [6.45, 7) is 2.38. The highest BCUT2D eigenvalue weighted by atomic mass is 16.7.